The predicted octanol–water partition coefficient (Wildman–Crippen LogP) is 6.05. The summed E-state index contributed by atoms with van der Waals surface area (Å²) in [5, 5.41) is 11.5. The molecule has 168 valence electrons. The van der Waals surface area contributed by atoms with Crippen LogP contribution in [0, 0.1) is 5.41 Å². The summed E-state index contributed by atoms with van der Waals surface area (Å²) in [4.78, 5) is 22.2. The number of carbonyl (C=O) groups excluding carboxylic acids is 2. The van der Waals surface area contributed by atoms with E-state index in [0.717, 1.165) is 69.6 Å². The lowest BCUT2D eigenvalue weighted by Gasteiger charge is -2.46. The number of rotatable bonds is 14. The standard InChI is InChI=1S/C26H40O4/c1-4-16-26(17-10-18-26)25(29)22-14-9-13-21(12-7-8-19-27)24(22)20(2)11-5-6-15-23(28)30-3/h9,13-14,19-20,25,29H,4-8,10-12,15-18H2,1-3H3. The van der Waals surface area contributed by atoms with Crippen molar-refractivity contribution in [1.29, 1.82) is 0 Å². The molecule has 1 fully saturated rings. The van der Waals surface area contributed by atoms with E-state index in [4.69, 9.17) is 4.74 Å². The maximum Gasteiger partial charge on any atom is 0.305 e. The van der Waals surface area contributed by atoms with Crippen LogP contribution in [-0.2, 0) is 20.7 Å². The van der Waals surface area contributed by atoms with Crippen LogP contribution in [0.3, 0.4) is 0 Å². The molecular weight excluding hydrogens is 376 g/mol. The highest BCUT2D eigenvalue weighted by Crippen LogP contribution is 2.54. The first-order valence-electron chi connectivity index (χ1n) is 11.8. The third kappa shape index (κ3) is 6.16. The van der Waals surface area contributed by atoms with Gasteiger partial charge in [-0.2, -0.15) is 0 Å². The van der Waals surface area contributed by atoms with Gasteiger partial charge in [0.1, 0.15) is 6.29 Å². The van der Waals surface area contributed by atoms with Gasteiger partial charge in [-0.15, -0.1) is 0 Å². The number of carbonyl (C=O) groups is 2. The van der Waals surface area contributed by atoms with Gasteiger partial charge in [0.05, 0.1) is 13.2 Å². The Morgan fingerprint density at radius 1 is 1.27 bits per heavy atom. The van der Waals surface area contributed by atoms with E-state index < -0.39 is 6.10 Å². The van der Waals surface area contributed by atoms with Gasteiger partial charge < -0.3 is 14.6 Å². The van der Waals surface area contributed by atoms with Crippen molar-refractivity contribution in [3.8, 4) is 0 Å². The monoisotopic (exact) mass is 416 g/mol. The Labute approximate surface area is 182 Å². The highest BCUT2D eigenvalue weighted by atomic mass is 16.5. The van der Waals surface area contributed by atoms with Crippen LogP contribution in [0.15, 0.2) is 18.2 Å². The zero-order valence-corrected chi connectivity index (χ0v) is 19.1. The van der Waals surface area contributed by atoms with Crippen LogP contribution in [0.4, 0.5) is 0 Å². The molecule has 0 aromatic heterocycles. The minimum Gasteiger partial charge on any atom is -0.469 e. The number of aliphatic hydroxyl groups excluding tert-OH is 1. The third-order valence-corrected chi connectivity index (χ3v) is 6.96. The number of esters is 1. The Balaban J connectivity index is 2.24. The smallest absolute Gasteiger partial charge is 0.305 e. The number of unbranched alkanes of at least 4 members (excludes halogenated alkanes) is 2. The van der Waals surface area contributed by atoms with E-state index in [1.54, 1.807) is 0 Å². The quantitative estimate of drug-likeness (QED) is 0.228. The van der Waals surface area contributed by atoms with Gasteiger partial charge in [0.2, 0.25) is 0 Å². The number of aldehydes is 1. The normalized spacial score (nSPS) is 17.1. The molecule has 4 nitrogen and oxygen atoms in total. The first-order valence-corrected chi connectivity index (χ1v) is 11.8. The molecule has 0 amide bonds. The second-order valence-corrected chi connectivity index (χ2v) is 9.07. The lowest BCUT2D eigenvalue weighted by atomic mass is 9.60. The maximum absolute atomic E-state index is 11.5. The second kappa shape index (κ2) is 12.2. The summed E-state index contributed by atoms with van der Waals surface area (Å²) in [6.45, 7) is 4.44. The Kier molecular flexibility index (Phi) is 10.0. The van der Waals surface area contributed by atoms with Crippen molar-refractivity contribution in [2.24, 2.45) is 5.41 Å². The molecule has 2 unspecified atom stereocenters. The van der Waals surface area contributed by atoms with E-state index in [1.165, 1.54) is 24.7 Å². The lowest BCUT2D eigenvalue weighted by molar-refractivity contribution is -0.140. The Hall–Kier alpha value is -1.68. The van der Waals surface area contributed by atoms with Crippen molar-refractivity contribution >= 4 is 12.3 Å². The zero-order chi connectivity index (χ0) is 22.0. The van der Waals surface area contributed by atoms with Gasteiger partial charge >= 0.3 is 5.97 Å². The number of aryl methyl sites for hydroxylation is 1. The summed E-state index contributed by atoms with van der Waals surface area (Å²) in [6.07, 6.45) is 11.6. The first-order chi connectivity index (χ1) is 14.5. The second-order valence-electron chi connectivity index (χ2n) is 9.07. The van der Waals surface area contributed by atoms with E-state index in [2.05, 4.69) is 32.0 Å². The van der Waals surface area contributed by atoms with Crippen LogP contribution in [0.2, 0.25) is 0 Å². The fraction of sp³-hybridized carbons (Fsp3) is 0.692. The van der Waals surface area contributed by atoms with Gasteiger partial charge in [0.15, 0.2) is 0 Å². The summed E-state index contributed by atoms with van der Waals surface area (Å²) in [5.74, 6) is 0.151. The summed E-state index contributed by atoms with van der Waals surface area (Å²) in [7, 11) is 1.43. The number of hydrogen-bond donors (Lipinski definition) is 1. The molecule has 4 heteroatoms. The number of hydrogen-bond acceptors (Lipinski definition) is 4. The predicted molar refractivity (Wildman–Crippen MR) is 120 cm³/mol. The zero-order valence-electron chi connectivity index (χ0n) is 19.1. The molecule has 1 N–H and O–H groups in total. The average molecular weight is 417 g/mol. The van der Waals surface area contributed by atoms with Gasteiger partial charge in [0, 0.05) is 18.3 Å². The average Bonchev–Trinajstić information content (AvgIpc) is 2.72. The highest BCUT2D eigenvalue weighted by molar-refractivity contribution is 5.68. The Bertz CT molecular complexity index is 678. The number of methoxy groups -OCH3 is 1. The van der Waals surface area contributed by atoms with Crippen molar-refractivity contribution in [2.75, 3.05) is 7.11 Å². The van der Waals surface area contributed by atoms with Crippen molar-refractivity contribution < 1.29 is 19.4 Å². The van der Waals surface area contributed by atoms with Gasteiger partial charge in [-0.3, -0.25) is 4.79 Å². The Morgan fingerprint density at radius 3 is 2.63 bits per heavy atom. The first kappa shape index (κ1) is 24.6. The van der Waals surface area contributed by atoms with Crippen molar-refractivity contribution in [2.45, 2.75) is 103 Å². The van der Waals surface area contributed by atoms with Crippen molar-refractivity contribution in [3.05, 3.63) is 34.9 Å². The molecule has 0 saturated heterocycles. The fourth-order valence-electron chi connectivity index (χ4n) is 5.15. The molecule has 2 atom stereocenters. The minimum atomic E-state index is -0.426. The molecule has 1 aromatic rings. The molecule has 0 heterocycles. The molecule has 2 rings (SSSR count). The molecule has 1 aromatic carbocycles. The van der Waals surface area contributed by atoms with Crippen LogP contribution >= 0.6 is 0 Å². The molecule has 1 aliphatic carbocycles. The van der Waals surface area contributed by atoms with Crippen LogP contribution in [-0.4, -0.2) is 24.5 Å². The lowest BCUT2D eigenvalue weighted by Crippen LogP contribution is -2.36. The fourth-order valence-corrected chi connectivity index (χ4v) is 5.15. The molecule has 1 aliphatic rings. The van der Waals surface area contributed by atoms with Gasteiger partial charge in [-0.1, -0.05) is 51.3 Å². The van der Waals surface area contributed by atoms with E-state index in [1.807, 2.05) is 0 Å². The summed E-state index contributed by atoms with van der Waals surface area (Å²) < 4.78 is 4.75. The van der Waals surface area contributed by atoms with E-state index in [9.17, 15) is 14.7 Å². The molecule has 0 radical (unpaired) electrons. The number of ether oxygens (including phenoxy) is 1. The number of aliphatic hydroxyl groups is 1. The Morgan fingerprint density at radius 2 is 2.03 bits per heavy atom. The number of benzene rings is 1. The van der Waals surface area contributed by atoms with Crippen molar-refractivity contribution in [1.82, 2.24) is 0 Å². The molecule has 0 spiro atoms. The summed E-state index contributed by atoms with van der Waals surface area (Å²) in [5.41, 5.74) is 3.65. The van der Waals surface area contributed by atoms with Gasteiger partial charge in [-0.25, -0.2) is 0 Å². The van der Waals surface area contributed by atoms with Crippen LogP contribution in [0.1, 0.15) is 113 Å². The van der Waals surface area contributed by atoms with Crippen LogP contribution in [0.5, 0.6) is 0 Å². The van der Waals surface area contributed by atoms with Crippen LogP contribution < -0.4 is 0 Å². The third-order valence-electron chi connectivity index (χ3n) is 6.96. The topological polar surface area (TPSA) is 63.6 Å². The maximum atomic E-state index is 11.5. The molecular formula is C26H40O4. The van der Waals surface area contributed by atoms with E-state index in [-0.39, 0.29) is 11.4 Å². The van der Waals surface area contributed by atoms with Crippen molar-refractivity contribution in [3.63, 3.8) is 0 Å². The van der Waals surface area contributed by atoms with Gasteiger partial charge in [0.25, 0.3) is 0 Å². The van der Waals surface area contributed by atoms with E-state index in [0.29, 0.717) is 18.8 Å². The minimum absolute atomic E-state index is 0.0233. The van der Waals surface area contributed by atoms with Gasteiger partial charge in [-0.05, 0) is 67.6 Å². The SMILES string of the molecule is CCCC1(C(O)c2cccc(CCCC=O)c2C(C)CCCCC(=O)OC)CCC1. The molecule has 30 heavy (non-hydrogen) atoms. The van der Waals surface area contributed by atoms with Crippen LogP contribution in [0.25, 0.3) is 0 Å². The molecule has 0 aliphatic heterocycles. The summed E-state index contributed by atoms with van der Waals surface area (Å²) >= 11 is 0. The van der Waals surface area contributed by atoms with E-state index >= 15 is 0 Å². The summed E-state index contributed by atoms with van der Waals surface area (Å²) in [6, 6.07) is 6.35. The highest BCUT2D eigenvalue weighted by Gasteiger charge is 2.44. The largest absolute Gasteiger partial charge is 0.469 e. The molecule has 0 bridgehead atoms. The molecule has 1 saturated carbocycles.